The Morgan fingerprint density at radius 2 is 2.00 bits per heavy atom. The van der Waals surface area contributed by atoms with Crippen LogP contribution in [-0.4, -0.2) is 54.0 Å². The van der Waals surface area contributed by atoms with Crippen LogP contribution in [0.25, 0.3) is 0 Å². The van der Waals surface area contributed by atoms with Gasteiger partial charge in [-0.1, -0.05) is 6.42 Å². The highest BCUT2D eigenvalue weighted by molar-refractivity contribution is 4.96. The van der Waals surface area contributed by atoms with E-state index in [1.54, 1.807) is 0 Å². The lowest BCUT2D eigenvalue weighted by Crippen LogP contribution is -2.49. The van der Waals surface area contributed by atoms with Gasteiger partial charge in [-0.05, 0) is 45.6 Å². The van der Waals surface area contributed by atoms with Crippen molar-refractivity contribution in [1.82, 2.24) is 4.90 Å². The second-order valence-electron chi connectivity index (χ2n) is 6.29. The minimum absolute atomic E-state index is 0.133. The Bertz CT molecular complexity index is 265. The summed E-state index contributed by atoms with van der Waals surface area (Å²) in [6, 6.07) is 0. The molecule has 1 aliphatic heterocycles. The molecule has 106 valence electrons. The van der Waals surface area contributed by atoms with Crippen LogP contribution in [0.3, 0.4) is 0 Å². The second kappa shape index (κ2) is 5.87. The van der Waals surface area contributed by atoms with Crippen LogP contribution in [0.5, 0.6) is 0 Å². The Morgan fingerprint density at radius 3 is 2.61 bits per heavy atom. The first-order valence-corrected chi connectivity index (χ1v) is 7.31. The molecule has 2 unspecified atom stereocenters. The number of ether oxygens (including phenoxy) is 1. The third kappa shape index (κ3) is 3.23. The second-order valence-corrected chi connectivity index (χ2v) is 6.29. The number of hydrogen-bond donors (Lipinski definition) is 2. The van der Waals surface area contributed by atoms with E-state index in [2.05, 4.69) is 18.7 Å². The normalized spacial score (nSPS) is 42.3. The number of morpholine rings is 1. The summed E-state index contributed by atoms with van der Waals surface area (Å²) in [5, 5.41) is 9.46. The molecule has 2 aliphatic rings. The fourth-order valence-electron chi connectivity index (χ4n) is 3.61. The van der Waals surface area contributed by atoms with Crippen LogP contribution in [-0.2, 0) is 4.74 Å². The molecule has 0 amide bonds. The van der Waals surface area contributed by atoms with Gasteiger partial charge in [-0.3, -0.25) is 4.90 Å². The van der Waals surface area contributed by atoms with E-state index in [0.29, 0.717) is 18.1 Å². The molecule has 0 bridgehead atoms. The van der Waals surface area contributed by atoms with E-state index in [1.165, 1.54) is 6.42 Å². The molecule has 1 aliphatic carbocycles. The van der Waals surface area contributed by atoms with Crippen molar-refractivity contribution in [3.05, 3.63) is 0 Å². The molecule has 4 heteroatoms. The maximum Gasteiger partial charge on any atom is 0.0678 e. The van der Waals surface area contributed by atoms with Crippen molar-refractivity contribution in [2.24, 2.45) is 11.7 Å². The van der Waals surface area contributed by atoms with Crippen LogP contribution in [0.4, 0.5) is 0 Å². The van der Waals surface area contributed by atoms with Gasteiger partial charge < -0.3 is 15.6 Å². The molecule has 4 atom stereocenters. The summed E-state index contributed by atoms with van der Waals surface area (Å²) in [7, 11) is 0. The van der Waals surface area contributed by atoms with Crippen LogP contribution < -0.4 is 5.73 Å². The maximum absolute atomic E-state index is 9.46. The maximum atomic E-state index is 9.46. The number of rotatable bonds is 4. The molecule has 2 fully saturated rings. The zero-order chi connectivity index (χ0) is 13.2. The Labute approximate surface area is 110 Å². The lowest BCUT2D eigenvalue weighted by atomic mass is 9.86. The standard InChI is InChI=1S/C14H28N2O2/c1-11-8-16(9-12(2)18-11)7-5-13-4-3-6-14(13,15)10-17/h11-13,17H,3-10,15H2,1-2H3/t11-,12+,13?,14?. The van der Waals surface area contributed by atoms with Crippen molar-refractivity contribution >= 4 is 0 Å². The summed E-state index contributed by atoms with van der Waals surface area (Å²) >= 11 is 0. The Hall–Kier alpha value is -0.160. The van der Waals surface area contributed by atoms with Gasteiger partial charge in [-0.25, -0.2) is 0 Å². The van der Waals surface area contributed by atoms with E-state index in [0.717, 1.165) is 38.9 Å². The van der Waals surface area contributed by atoms with Gasteiger partial charge in [0, 0.05) is 18.6 Å². The van der Waals surface area contributed by atoms with E-state index >= 15 is 0 Å². The van der Waals surface area contributed by atoms with Gasteiger partial charge in [0.25, 0.3) is 0 Å². The number of nitrogens with zero attached hydrogens (tertiary/aromatic N) is 1. The lowest BCUT2D eigenvalue weighted by molar-refractivity contribution is -0.0695. The van der Waals surface area contributed by atoms with Crippen LogP contribution in [0.2, 0.25) is 0 Å². The van der Waals surface area contributed by atoms with Crippen molar-refractivity contribution in [3.8, 4) is 0 Å². The first-order valence-electron chi connectivity index (χ1n) is 7.31. The van der Waals surface area contributed by atoms with Crippen molar-refractivity contribution in [1.29, 1.82) is 0 Å². The third-order valence-corrected chi connectivity index (χ3v) is 4.59. The summed E-state index contributed by atoms with van der Waals surface area (Å²) in [6.45, 7) is 7.54. The van der Waals surface area contributed by atoms with Gasteiger partial charge in [0.15, 0.2) is 0 Å². The van der Waals surface area contributed by atoms with E-state index in [-0.39, 0.29) is 12.1 Å². The average molecular weight is 256 g/mol. The van der Waals surface area contributed by atoms with Gasteiger partial charge in [0.05, 0.1) is 18.8 Å². The van der Waals surface area contributed by atoms with E-state index in [9.17, 15) is 5.11 Å². The van der Waals surface area contributed by atoms with Gasteiger partial charge in [0.2, 0.25) is 0 Å². The van der Waals surface area contributed by atoms with Crippen molar-refractivity contribution in [3.63, 3.8) is 0 Å². The fraction of sp³-hybridized carbons (Fsp3) is 1.00. The number of nitrogens with two attached hydrogens (primary N) is 1. The predicted molar refractivity (Wildman–Crippen MR) is 72.4 cm³/mol. The minimum Gasteiger partial charge on any atom is -0.394 e. The largest absolute Gasteiger partial charge is 0.394 e. The third-order valence-electron chi connectivity index (χ3n) is 4.59. The highest BCUT2D eigenvalue weighted by Crippen LogP contribution is 2.35. The molecule has 0 radical (unpaired) electrons. The summed E-state index contributed by atoms with van der Waals surface area (Å²) in [5.41, 5.74) is 5.96. The first-order chi connectivity index (χ1) is 8.53. The molecular formula is C14H28N2O2. The van der Waals surface area contributed by atoms with Crippen LogP contribution in [0, 0.1) is 5.92 Å². The molecule has 1 heterocycles. The van der Waals surface area contributed by atoms with Crippen LogP contribution >= 0.6 is 0 Å². The van der Waals surface area contributed by atoms with Gasteiger partial charge in [-0.15, -0.1) is 0 Å². The average Bonchev–Trinajstić information content (AvgIpc) is 2.68. The van der Waals surface area contributed by atoms with Gasteiger partial charge >= 0.3 is 0 Å². The molecule has 18 heavy (non-hydrogen) atoms. The van der Waals surface area contributed by atoms with Crippen LogP contribution in [0.1, 0.15) is 39.5 Å². The highest BCUT2D eigenvalue weighted by atomic mass is 16.5. The zero-order valence-corrected chi connectivity index (χ0v) is 11.8. The fourth-order valence-corrected chi connectivity index (χ4v) is 3.61. The molecule has 0 aromatic heterocycles. The molecule has 2 rings (SSSR count). The van der Waals surface area contributed by atoms with Crippen LogP contribution in [0.15, 0.2) is 0 Å². The Morgan fingerprint density at radius 1 is 1.33 bits per heavy atom. The molecule has 0 aromatic carbocycles. The molecule has 3 N–H and O–H groups in total. The molecule has 1 saturated heterocycles. The first kappa shape index (κ1) is 14.3. The summed E-state index contributed by atoms with van der Waals surface area (Å²) < 4.78 is 5.74. The van der Waals surface area contributed by atoms with E-state index in [4.69, 9.17) is 10.5 Å². The van der Waals surface area contributed by atoms with Gasteiger partial charge in [-0.2, -0.15) is 0 Å². The summed E-state index contributed by atoms with van der Waals surface area (Å²) in [4.78, 5) is 2.48. The quantitative estimate of drug-likeness (QED) is 0.787. The predicted octanol–water partition coefficient (Wildman–Crippen LogP) is 0.976. The smallest absolute Gasteiger partial charge is 0.0678 e. The topological polar surface area (TPSA) is 58.7 Å². The van der Waals surface area contributed by atoms with E-state index in [1.807, 2.05) is 0 Å². The SMILES string of the molecule is C[C@@H]1CN(CCC2CCCC2(N)CO)C[C@H](C)O1. The zero-order valence-electron chi connectivity index (χ0n) is 11.8. The van der Waals surface area contributed by atoms with Gasteiger partial charge in [0.1, 0.15) is 0 Å². The minimum atomic E-state index is -0.316. The number of aliphatic hydroxyl groups excluding tert-OH is 1. The summed E-state index contributed by atoms with van der Waals surface area (Å²) in [6.07, 6.45) is 5.08. The lowest BCUT2D eigenvalue weighted by Gasteiger charge is -2.37. The monoisotopic (exact) mass is 256 g/mol. The van der Waals surface area contributed by atoms with E-state index < -0.39 is 0 Å². The number of aliphatic hydroxyl groups is 1. The highest BCUT2D eigenvalue weighted by Gasteiger charge is 2.38. The summed E-state index contributed by atoms with van der Waals surface area (Å²) in [5.74, 6) is 0.482. The number of hydrogen-bond acceptors (Lipinski definition) is 4. The molecule has 0 spiro atoms. The molecule has 4 nitrogen and oxygen atoms in total. The Kier molecular flexibility index (Phi) is 4.64. The molecule has 0 aromatic rings. The van der Waals surface area contributed by atoms with Crippen molar-refractivity contribution < 1.29 is 9.84 Å². The molecule has 1 saturated carbocycles. The van der Waals surface area contributed by atoms with Crippen molar-refractivity contribution in [2.75, 3.05) is 26.2 Å². The Balaban J connectivity index is 1.80. The molecular weight excluding hydrogens is 228 g/mol. The van der Waals surface area contributed by atoms with Crippen molar-refractivity contribution in [2.45, 2.75) is 57.3 Å².